The summed E-state index contributed by atoms with van der Waals surface area (Å²) < 4.78 is 1.71. The molecule has 1 amide bonds. The number of carbonyl (C=O) groups is 1. The van der Waals surface area contributed by atoms with Crippen LogP contribution in [-0.4, -0.2) is 56.2 Å². The Morgan fingerprint density at radius 3 is 2.65 bits per heavy atom. The Labute approximate surface area is 153 Å². The Bertz CT molecular complexity index is 723. The summed E-state index contributed by atoms with van der Waals surface area (Å²) in [5.41, 5.74) is 7.38. The lowest BCUT2D eigenvalue weighted by Gasteiger charge is -2.36. The van der Waals surface area contributed by atoms with Gasteiger partial charge in [0, 0.05) is 31.9 Å². The summed E-state index contributed by atoms with van der Waals surface area (Å²) in [6, 6.07) is 4.18. The van der Waals surface area contributed by atoms with Crippen LogP contribution < -0.4 is 10.9 Å². The van der Waals surface area contributed by atoms with Crippen LogP contribution in [0.5, 0.6) is 0 Å². The minimum atomic E-state index is 0.0656. The van der Waals surface area contributed by atoms with Crippen LogP contribution >= 0.6 is 0 Å². The Morgan fingerprint density at radius 2 is 2.00 bits per heavy atom. The maximum Gasteiger partial charge on any atom is 0.255 e. The fourth-order valence-electron chi connectivity index (χ4n) is 4.08. The van der Waals surface area contributed by atoms with Crippen molar-refractivity contribution in [1.29, 1.82) is 0 Å². The molecule has 0 aliphatic carbocycles. The number of likely N-dealkylation sites (tertiary alicyclic amines) is 1. The Kier molecular flexibility index (Phi) is 4.94. The van der Waals surface area contributed by atoms with Crippen LogP contribution in [-0.2, 0) is 0 Å². The van der Waals surface area contributed by atoms with Crippen molar-refractivity contribution in [3.05, 3.63) is 36.5 Å². The minimum absolute atomic E-state index is 0.0656. The van der Waals surface area contributed by atoms with Crippen molar-refractivity contribution in [1.82, 2.24) is 35.5 Å². The highest BCUT2D eigenvalue weighted by Gasteiger charge is 2.35. The van der Waals surface area contributed by atoms with E-state index in [1.165, 1.54) is 6.42 Å². The van der Waals surface area contributed by atoms with E-state index in [4.69, 9.17) is 0 Å². The van der Waals surface area contributed by atoms with Crippen LogP contribution in [0.1, 0.15) is 36.5 Å². The quantitative estimate of drug-likeness (QED) is 0.851. The molecular weight excluding hydrogens is 330 g/mol. The van der Waals surface area contributed by atoms with Gasteiger partial charge in [0.15, 0.2) is 0 Å². The van der Waals surface area contributed by atoms with Gasteiger partial charge in [-0.25, -0.2) is 4.98 Å². The first-order valence-electron chi connectivity index (χ1n) is 9.35. The number of carbonyl (C=O) groups excluding carboxylic acids is 1. The molecule has 0 bridgehead atoms. The van der Waals surface area contributed by atoms with E-state index in [0.29, 0.717) is 29.3 Å². The normalized spacial score (nSPS) is 24.1. The zero-order chi connectivity index (χ0) is 17.9. The molecule has 2 aliphatic rings. The Morgan fingerprint density at radius 1 is 1.23 bits per heavy atom. The number of nitrogens with zero attached hydrogens (tertiary/aromatic N) is 5. The maximum absolute atomic E-state index is 12.8. The second kappa shape index (κ2) is 7.51. The molecule has 0 saturated carbocycles. The highest BCUT2D eigenvalue weighted by molar-refractivity contribution is 5.94. The Balaban J connectivity index is 1.36. The van der Waals surface area contributed by atoms with Gasteiger partial charge in [-0.15, -0.1) is 10.2 Å². The third-order valence-electron chi connectivity index (χ3n) is 5.68. The number of piperidine rings is 1. The average Bonchev–Trinajstić information content (AvgIpc) is 3.39. The van der Waals surface area contributed by atoms with Crippen molar-refractivity contribution in [2.75, 3.05) is 19.6 Å². The van der Waals surface area contributed by atoms with Crippen LogP contribution in [0.3, 0.4) is 0 Å². The first-order chi connectivity index (χ1) is 12.8. The molecule has 2 fully saturated rings. The predicted molar refractivity (Wildman–Crippen MR) is 96.5 cm³/mol. The maximum atomic E-state index is 12.8. The molecule has 4 heterocycles. The second-order valence-corrected chi connectivity index (χ2v) is 7.12. The SMILES string of the molecule is CCC1CNNC1C1CCN(C(=O)c2ccc(-n3cnnc3)nc2)CC1. The molecule has 0 aromatic carbocycles. The lowest BCUT2D eigenvalue weighted by atomic mass is 9.82. The third kappa shape index (κ3) is 3.34. The van der Waals surface area contributed by atoms with Gasteiger partial charge >= 0.3 is 0 Å². The molecule has 2 aliphatic heterocycles. The Hall–Kier alpha value is -2.32. The molecule has 2 aromatic heterocycles. The summed E-state index contributed by atoms with van der Waals surface area (Å²) in [4.78, 5) is 19.1. The lowest BCUT2D eigenvalue weighted by molar-refractivity contribution is 0.0662. The molecule has 0 spiro atoms. The number of hydrogen-bond acceptors (Lipinski definition) is 6. The van der Waals surface area contributed by atoms with Gasteiger partial charge in [-0.05, 0) is 36.8 Å². The van der Waals surface area contributed by atoms with E-state index in [9.17, 15) is 4.79 Å². The molecule has 2 unspecified atom stereocenters. The van der Waals surface area contributed by atoms with Gasteiger partial charge in [0.1, 0.15) is 18.5 Å². The molecule has 8 nitrogen and oxygen atoms in total. The van der Waals surface area contributed by atoms with E-state index in [2.05, 4.69) is 33.0 Å². The van der Waals surface area contributed by atoms with Crippen LogP contribution in [0.15, 0.2) is 31.0 Å². The molecule has 2 atom stereocenters. The molecule has 138 valence electrons. The lowest BCUT2D eigenvalue weighted by Crippen LogP contribution is -2.46. The van der Waals surface area contributed by atoms with E-state index in [0.717, 1.165) is 32.5 Å². The number of aromatic nitrogens is 4. The van der Waals surface area contributed by atoms with Gasteiger partial charge < -0.3 is 4.90 Å². The van der Waals surface area contributed by atoms with Crippen molar-refractivity contribution in [3.63, 3.8) is 0 Å². The minimum Gasteiger partial charge on any atom is -0.339 e. The first kappa shape index (κ1) is 17.1. The van der Waals surface area contributed by atoms with Crippen LogP contribution in [0.4, 0.5) is 0 Å². The highest BCUT2D eigenvalue weighted by Crippen LogP contribution is 2.28. The standard InChI is InChI=1S/C18H25N7O/c1-2-13-10-20-23-17(13)14-5-7-24(8-6-14)18(26)15-3-4-16(19-9-15)25-11-21-22-12-25/h3-4,9,11-14,17,20,23H,2,5-8,10H2,1H3. The molecular formula is C18H25N7O. The third-order valence-corrected chi connectivity index (χ3v) is 5.68. The van der Waals surface area contributed by atoms with Gasteiger partial charge in [0.2, 0.25) is 0 Å². The van der Waals surface area contributed by atoms with Crippen molar-refractivity contribution in [2.45, 2.75) is 32.2 Å². The summed E-state index contributed by atoms with van der Waals surface area (Å²) in [5.74, 6) is 2.09. The summed E-state index contributed by atoms with van der Waals surface area (Å²) in [5, 5.41) is 7.54. The van der Waals surface area contributed by atoms with Crippen LogP contribution in [0, 0.1) is 11.8 Å². The topological polar surface area (TPSA) is 88.0 Å². The largest absolute Gasteiger partial charge is 0.339 e. The van der Waals surface area contributed by atoms with Gasteiger partial charge in [-0.2, -0.15) is 0 Å². The number of rotatable bonds is 4. The van der Waals surface area contributed by atoms with Gasteiger partial charge in [-0.3, -0.25) is 20.2 Å². The van der Waals surface area contributed by atoms with Crippen molar-refractivity contribution in [2.24, 2.45) is 11.8 Å². The predicted octanol–water partition coefficient (Wildman–Crippen LogP) is 1.02. The monoisotopic (exact) mass is 355 g/mol. The number of nitrogens with one attached hydrogen (secondary N) is 2. The summed E-state index contributed by atoms with van der Waals surface area (Å²) in [6.07, 6.45) is 8.10. The molecule has 26 heavy (non-hydrogen) atoms. The van der Waals surface area contributed by atoms with Crippen molar-refractivity contribution >= 4 is 5.91 Å². The molecule has 4 rings (SSSR count). The average molecular weight is 355 g/mol. The molecule has 2 N–H and O–H groups in total. The number of hydrazine groups is 1. The fraction of sp³-hybridized carbons (Fsp3) is 0.556. The van der Waals surface area contributed by atoms with Gasteiger partial charge in [-0.1, -0.05) is 13.3 Å². The van der Waals surface area contributed by atoms with Crippen molar-refractivity contribution < 1.29 is 4.79 Å². The molecule has 2 saturated heterocycles. The fourth-order valence-corrected chi connectivity index (χ4v) is 4.08. The zero-order valence-electron chi connectivity index (χ0n) is 15.0. The molecule has 0 radical (unpaired) electrons. The smallest absolute Gasteiger partial charge is 0.255 e. The molecule has 2 aromatic rings. The van der Waals surface area contributed by atoms with Crippen LogP contribution in [0.2, 0.25) is 0 Å². The summed E-state index contributed by atoms with van der Waals surface area (Å²) in [7, 11) is 0. The van der Waals surface area contributed by atoms with Gasteiger partial charge in [0.25, 0.3) is 5.91 Å². The van der Waals surface area contributed by atoms with Gasteiger partial charge in [0.05, 0.1) is 5.56 Å². The van der Waals surface area contributed by atoms with Crippen molar-refractivity contribution in [3.8, 4) is 5.82 Å². The number of pyridine rings is 1. The van der Waals surface area contributed by atoms with E-state index in [-0.39, 0.29) is 5.91 Å². The van der Waals surface area contributed by atoms with E-state index in [1.54, 1.807) is 23.4 Å². The van der Waals surface area contributed by atoms with Crippen LogP contribution in [0.25, 0.3) is 5.82 Å². The van der Waals surface area contributed by atoms with E-state index >= 15 is 0 Å². The zero-order valence-corrected chi connectivity index (χ0v) is 15.0. The van der Waals surface area contributed by atoms with E-state index in [1.807, 2.05) is 17.0 Å². The summed E-state index contributed by atoms with van der Waals surface area (Å²) in [6.45, 7) is 4.92. The first-order valence-corrected chi connectivity index (χ1v) is 9.35. The summed E-state index contributed by atoms with van der Waals surface area (Å²) >= 11 is 0. The number of hydrogen-bond donors (Lipinski definition) is 2. The highest BCUT2D eigenvalue weighted by atomic mass is 16.2. The van der Waals surface area contributed by atoms with E-state index < -0.39 is 0 Å². The molecule has 8 heteroatoms. The number of amides is 1. The second-order valence-electron chi connectivity index (χ2n) is 7.12.